The van der Waals surface area contributed by atoms with Gasteiger partial charge in [-0.2, -0.15) is 5.10 Å². The number of nitrogens with two attached hydrogens (primary N) is 1. The minimum Gasteiger partial charge on any atom is -0.366 e. The maximum atomic E-state index is 11.1. The molecule has 20 heavy (non-hydrogen) atoms. The summed E-state index contributed by atoms with van der Waals surface area (Å²) in [6, 6.07) is 5.54. The molecule has 0 fully saturated rings. The fraction of sp³-hybridized carbons (Fsp3) is 0.333. The van der Waals surface area contributed by atoms with Crippen molar-refractivity contribution in [1.82, 2.24) is 15.1 Å². The fourth-order valence-corrected chi connectivity index (χ4v) is 2.20. The zero-order chi connectivity index (χ0) is 14.7. The van der Waals surface area contributed by atoms with E-state index >= 15 is 0 Å². The highest BCUT2D eigenvalue weighted by molar-refractivity contribution is 5.93. The minimum absolute atomic E-state index is 0.390. The fourth-order valence-electron chi connectivity index (χ4n) is 2.20. The highest BCUT2D eigenvalue weighted by atomic mass is 16.1. The first-order chi connectivity index (χ1) is 9.47. The molecule has 1 aromatic heterocycles. The second kappa shape index (κ2) is 5.88. The van der Waals surface area contributed by atoms with Crippen LogP contribution in [0.2, 0.25) is 0 Å². The number of amides is 1. The maximum Gasteiger partial charge on any atom is 0.248 e. The number of primary amides is 1. The SMILES string of the molecule is Cc1cc(C(N)=O)ccc1CNCc1cn(C)nc1C. The second-order valence-corrected chi connectivity index (χ2v) is 5.02. The largest absolute Gasteiger partial charge is 0.366 e. The van der Waals surface area contributed by atoms with Gasteiger partial charge in [0.1, 0.15) is 0 Å². The molecule has 0 radical (unpaired) electrons. The summed E-state index contributed by atoms with van der Waals surface area (Å²) < 4.78 is 1.82. The standard InChI is InChI=1S/C15H20N4O/c1-10-6-12(15(16)20)4-5-13(10)7-17-8-14-9-19(3)18-11(14)2/h4-6,9,17H,7-8H2,1-3H3,(H2,16,20). The van der Waals surface area contributed by atoms with Crippen LogP contribution in [-0.2, 0) is 20.1 Å². The van der Waals surface area contributed by atoms with Crippen molar-refractivity contribution in [3.05, 3.63) is 52.3 Å². The third-order valence-electron chi connectivity index (χ3n) is 3.37. The van der Waals surface area contributed by atoms with Crippen LogP contribution in [0.4, 0.5) is 0 Å². The first kappa shape index (κ1) is 14.3. The van der Waals surface area contributed by atoms with E-state index in [-0.39, 0.29) is 0 Å². The summed E-state index contributed by atoms with van der Waals surface area (Å²) in [5.74, 6) is -0.390. The Balaban J connectivity index is 1.97. The highest BCUT2D eigenvalue weighted by Gasteiger charge is 2.05. The number of carbonyl (C=O) groups is 1. The van der Waals surface area contributed by atoms with Crippen LogP contribution >= 0.6 is 0 Å². The molecule has 3 N–H and O–H groups in total. The zero-order valence-corrected chi connectivity index (χ0v) is 12.1. The molecule has 5 heteroatoms. The van der Waals surface area contributed by atoms with Gasteiger partial charge in [0.25, 0.3) is 0 Å². The lowest BCUT2D eigenvalue weighted by Gasteiger charge is -2.08. The van der Waals surface area contributed by atoms with Crippen molar-refractivity contribution in [2.45, 2.75) is 26.9 Å². The molecule has 1 aromatic carbocycles. The van der Waals surface area contributed by atoms with Crippen molar-refractivity contribution in [3.63, 3.8) is 0 Å². The molecule has 1 heterocycles. The van der Waals surface area contributed by atoms with E-state index in [1.807, 2.05) is 43.9 Å². The van der Waals surface area contributed by atoms with Gasteiger partial charge in [-0.1, -0.05) is 6.07 Å². The first-order valence-electron chi connectivity index (χ1n) is 6.56. The lowest BCUT2D eigenvalue weighted by atomic mass is 10.0. The minimum atomic E-state index is -0.390. The molecule has 1 amide bonds. The first-order valence-corrected chi connectivity index (χ1v) is 6.56. The molecule has 2 rings (SSSR count). The monoisotopic (exact) mass is 272 g/mol. The Bertz CT molecular complexity index is 631. The Kier molecular flexibility index (Phi) is 4.20. The molecule has 2 aromatic rings. The Morgan fingerprint density at radius 1 is 1.30 bits per heavy atom. The summed E-state index contributed by atoms with van der Waals surface area (Å²) >= 11 is 0. The summed E-state index contributed by atoms with van der Waals surface area (Å²) in [5.41, 5.74) is 10.3. The smallest absolute Gasteiger partial charge is 0.248 e. The summed E-state index contributed by atoms with van der Waals surface area (Å²) in [6.07, 6.45) is 2.02. The van der Waals surface area contributed by atoms with Crippen molar-refractivity contribution in [2.24, 2.45) is 12.8 Å². The molecule has 0 aliphatic rings. The van der Waals surface area contributed by atoms with Crippen LogP contribution < -0.4 is 11.1 Å². The third-order valence-corrected chi connectivity index (χ3v) is 3.37. The van der Waals surface area contributed by atoms with Gasteiger partial charge in [-0.05, 0) is 37.1 Å². The molecule has 0 bridgehead atoms. The Morgan fingerprint density at radius 2 is 2.00 bits per heavy atom. The number of nitrogens with one attached hydrogen (secondary N) is 1. The maximum absolute atomic E-state index is 11.1. The molecule has 106 valence electrons. The topological polar surface area (TPSA) is 72.9 Å². The van der Waals surface area contributed by atoms with Gasteiger partial charge in [-0.25, -0.2) is 0 Å². The zero-order valence-electron chi connectivity index (χ0n) is 12.1. The summed E-state index contributed by atoms with van der Waals surface area (Å²) in [4.78, 5) is 11.1. The van der Waals surface area contributed by atoms with Gasteiger partial charge in [0.15, 0.2) is 0 Å². The number of nitrogens with zero attached hydrogens (tertiary/aromatic N) is 2. The van der Waals surface area contributed by atoms with Crippen LogP contribution in [0.3, 0.4) is 0 Å². The van der Waals surface area contributed by atoms with E-state index in [9.17, 15) is 4.79 Å². The number of hydrogen-bond donors (Lipinski definition) is 2. The van der Waals surface area contributed by atoms with Gasteiger partial charge in [0.05, 0.1) is 5.69 Å². The van der Waals surface area contributed by atoms with Crippen LogP contribution in [-0.4, -0.2) is 15.7 Å². The van der Waals surface area contributed by atoms with E-state index < -0.39 is 5.91 Å². The number of rotatable bonds is 5. The summed E-state index contributed by atoms with van der Waals surface area (Å²) in [7, 11) is 1.92. The molecule has 0 aliphatic carbocycles. The van der Waals surface area contributed by atoms with Gasteiger partial charge in [0, 0.05) is 37.5 Å². The molecule has 0 saturated carbocycles. The van der Waals surface area contributed by atoms with E-state index in [2.05, 4.69) is 10.4 Å². The Morgan fingerprint density at radius 3 is 2.55 bits per heavy atom. The van der Waals surface area contributed by atoms with E-state index in [0.717, 1.165) is 29.9 Å². The van der Waals surface area contributed by atoms with Gasteiger partial charge < -0.3 is 11.1 Å². The van der Waals surface area contributed by atoms with Gasteiger partial charge >= 0.3 is 0 Å². The quantitative estimate of drug-likeness (QED) is 0.864. The number of carbonyl (C=O) groups excluding carboxylic acids is 1. The van der Waals surface area contributed by atoms with Crippen molar-refractivity contribution in [3.8, 4) is 0 Å². The number of aromatic nitrogens is 2. The normalized spacial score (nSPS) is 10.8. The van der Waals surface area contributed by atoms with E-state index in [4.69, 9.17) is 5.73 Å². The van der Waals surface area contributed by atoms with E-state index in [0.29, 0.717) is 5.56 Å². The lowest BCUT2D eigenvalue weighted by Crippen LogP contribution is -2.15. The second-order valence-electron chi connectivity index (χ2n) is 5.02. The lowest BCUT2D eigenvalue weighted by molar-refractivity contribution is 0.1000. The van der Waals surface area contributed by atoms with Crippen LogP contribution in [0.25, 0.3) is 0 Å². The Hall–Kier alpha value is -2.14. The third kappa shape index (κ3) is 3.24. The number of aryl methyl sites for hydroxylation is 3. The molecule has 5 nitrogen and oxygen atoms in total. The number of hydrogen-bond acceptors (Lipinski definition) is 3. The summed E-state index contributed by atoms with van der Waals surface area (Å²) in [6.45, 7) is 5.51. The van der Waals surface area contributed by atoms with Gasteiger partial charge in [-0.15, -0.1) is 0 Å². The molecular weight excluding hydrogens is 252 g/mol. The van der Waals surface area contributed by atoms with Gasteiger partial charge in [-0.3, -0.25) is 9.48 Å². The molecule has 0 spiro atoms. The Labute approximate surface area is 118 Å². The number of benzene rings is 1. The van der Waals surface area contributed by atoms with Crippen LogP contribution in [0.5, 0.6) is 0 Å². The van der Waals surface area contributed by atoms with Crippen LogP contribution in [0.15, 0.2) is 24.4 Å². The summed E-state index contributed by atoms with van der Waals surface area (Å²) in [5, 5.41) is 7.70. The molecule has 0 unspecified atom stereocenters. The predicted molar refractivity (Wildman–Crippen MR) is 78.2 cm³/mol. The molecule has 0 aliphatic heterocycles. The van der Waals surface area contributed by atoms with Crippen LogP contribution in [0, 0.1) is 13.8 Å². The predicted octanol–water partition coefficient (Wildman–Crippen LogP) is 1.43. The van der Waals surface area contributed by atoms with Gasteiger partial charge in [0.2, 0.25) is 5.91 Å². The van der Waals surface area contributed by atoms with Crippen molar-refractivity contribution >= 4 is 5.91 Å². The van der Waals surface area contributed by atoms with Crippen molar-refractivity contribution in [2.75, 3.05) is 0 Å². The molecule has 0 atom stereocenters. The average molecular weight is 272 g/mol. The van der Waals surface area contributed by atoms with Crippen molar-refractivity contribution < 1.29 is 4.79 Å². The van der Waals surface area contributed by atoms with Crippen LogP contribution in [0.1, 0.15) is 32.7 Å². The highest BCUT2D eigenvalue weighted by Crippen LogP contribution is 2.11. The van der Waals surface area contributed by atoms with E-state index in [1.165, 1.54) is 5.56 Å². The molecule has 0 saturated heterocycles. The average Bonchev–Trinajstić information content (AvgIpc) is 2.69. The van der Waals surface area contributed by atoms with E-state index in [1.54, 1.807) is 6.07 Å². The molecular formula is C15H20N4O. The van der Waals surface area contributed by atoms with Crippen molar-refractivity contribution in [1.29, 1.82) is 0 Å².